The molecule has 0 aromatic heterocycles. The van der Waals surface area contributed by atoms with Gasteiger partial charge < -0.3 is 14.8 Å². The molecule has 2 atom stereocenters. The van der Waals surface area contributed by atoms with Gasteiger partial charge in [-0.2, -0.15) is 0 Å². The van der Waals surface area contributed by atoms with Gasteiger partial charge in [-0.05, 0) is 42.7 Å². The molecule has 0 saturated carbocycles. The average Bonchev–Trinajstić information content (AvgIpc) is 2.74. The zero-order valence-electron chi connectivity index (χ0n) is 16.7. The summed E-state index contributed by atoms with van der Waals surface area (Å²) < 4.78 is 11.3. The Hall–Kier alpha value is -2.08. The van der Waals surface area contributed by atoms with Crippen molar-refractivity contribution < 1.29 is 14.3 Å². The monoisotopic (exact) mass is 414 g/mol. The lowest BCUT2D eigenvalue weighted by Gasteiger charge is -2.32. The summed E-state index contributed by atoms with van der Waals surface area (Å²) in [5.41, 5.74) is 3.32. The largest absolute Gasteiger partial charge is 0.492 e. The Morgan fingerprint density at radius 2 is 1.97 bits per heavy atom. The molecule has 154 valence electrons. The van der Waals surface area contributed by atoms with Crippen LogP contribution in [0.25, 0.3) is 0 Å². The minimum absolute atomic E-state index is 0.0226. The third-order valence-electron chi connectivity index (χ3n) is 5.64. The van der Waals surface area contributed by atoms with Gasteiger partial charge in [0.2, 0.25) is 5.91 Å². The van der Waals surface area contributed by atoms with E-state index in [-0.39, 0.29) is 17.9 Å². The van der Waals surface area contributed by atoms with Gasteiger partial charge in [-0.15, -0.1) is 0 Å². The second kappa shape index (κ2) is 9.16. The molecule has 2 aliphatic rings. The maximum absolute atomic E-state index is 13.1. The molecule has 6 heteroatoms. The van der Waals surface area contributed by atoms with Gasteiger partial charge in [0.15, 0.2) is 0 Å². The molecule has 0 bridgehead atoms. The first-order chi connectivity index (χ1) is 14.1. The van der Waals surface area contributed by atoms with Crippen LogP contribution in [0.1, 0.15) is 22.7 Å². The van der Waals surface area contributed by atoms with Gasteiger partial charge in [-0.1, -0.05) is 41.4 Å². The molecule has 29 heavy (non-hydrogen) atoms. The first-order valence-electron chi connectivity index (χ1n) is 10.2. The Bertz CT molecular complexity index is 850. The number of aryl methyl sites for hydroxylation is 1. The molecular formula is C23H27ClN2O3. The summed E-state index contributed by atoms with van der Waals surface area (Å²) in [5, 5.41) is 3.95. The zero-order valence-corrected chi connectivity index (χ0v) is 17.5. The number of benzene rings is 2. The van der Waals surface area contributed by atoms with Crippen LogP contribution >= 0.6 is 11.6 Å². The number of rotatable bonds is 5. The molecule has 0 spiro atoms. The van der Waals surface area contributed by atoms with Gasteiger partial charge in [-0.3, -0.25) is 9.69 Å². The van der Waals surface area contributed by atoms with Crippen molar-refractivity contribution in [1.82, 2.24) is 10.2 Å². The summed E-state index contributed by atoms with van der Waals surface area (Å²) in [6.45, 7) is 6.48. The third-order valence-corrected chi connectivity index (χ3v) is 5.88. The van der Waals surface area contributed by atoms with Gasteiger partial charge >= 0.3 is 0 Å². The van der Waals surface area contributed by atoms with Crippen LogP contribution in [0, 0.1) is 12.8 Å². The highest BCUT2D eigenvalue weighted by Gasteiger charge is 2.29. The number of hydrogen-bond acceptors (Lipinski definition) is 4. The number of ether oxygens (including phenoxy) is 2. The summed E-state index contributed by atoms with van der Waals surface area (Å²) in [5.74, 6) is 0.620. The quantitative estimate of drug-likeness (QED) is 0.814. The van der Waals surface area contributed by atoms with Gasteiger partial charge in [0, 0.05) is 24.7 Å². The minimum atomic E-state index is -0.224. The number of carbonyl (C=O) groups excluding carboxylic acids is 1. The van der Waals surface area contributed by atoms with E-state index in [1.165, 1.54) is 5.56 Å². The van der Waals surface area contributed by atoms with Crippen molar-refractivity contribution in [2.75, 3.05) is 39.5 Å². The molecule has 0 radical (unpaired) electrons. The number of halogens is 1. The highest BCUT2D eigenvalue weighted by molar-refractivity contribution is 6.30. The van der Waals surface area contributed by atoms with Crippen LogP contribution in [0.2, 0.25) is 5.02 Å². The van der Waals surface area contributed by atoms with E-state index in [2.05, 4.69) is 41.4 Å². The van der Waals surface area contributed by atoms with Crippen molar-refractivity contribution in [3.63, 3.8) is 0 Å². The van der Waals surface area contributed by atoms with Crippen molar-refractivity contribution in [3.05, 3.63) is 64.2 Å². The Morgan fingerprint density at radius 3 is 2.72 bits per heavy atom. The van der Waals surface area contributed by atoms with E-state index in [1.54, 1.807) is 0 Å². The fraction of sp³-hybridized carbons (Fsp3) is 0.435. The Morgan fingerprint density at radius 1 is 1.21 bits per heavy atom. The van der Waals surface area contributed by atoms with Gasteiger partial charge in [-0.25, -0.2) is 0 Å². The van der Waals surface area contributed by atoms with E-state index >= 15 is 0 Å². The molecule has 1 amide bonds. The number of amides is 1. The topological polar surface area (TPSA) is 50.8 Å². The van der Waals surface area contributed by atoms with Crippen molar-refractivity contribution in [3.8, 4) is 5.75 Å². The lowest BCUT2D eigenvalue weighted by Crippen LogP contribution is -2.45. The molecule has 2 aliphatic heterocycles. The Balaban J connectivity index is 1.47. The van der Waals surface area contributed by atoms with E-state index in [9.17, 15) is 4.79 Å². The fourth-order valence-corrected chi connectivity index (χ4v) is 4.09. The molecule has 1 N–H and O–H groups in total. The van der Waals surface area contributed by atoms with E-state index in [0.717, 1.165) is 49.7 Å². The van der Waals surface area contributed by atoms with Crippen LogP contribution in [0.5, 0.6) is 5.75 Å². The third kappa shape index (κ3) is 5.10. The smallest absolute Gasteiger partial charge is 0.227 e. The van der Waals surface area contributed by atoms with Crippen LogP contribution in [-0.2, 0) is 16.0 Å². The number of nitrogens with zero attached hydrogens (tertiary/aromatic N) is 1. The van der Waals surface area contributed by atoms with Crippen molar-refractivity contribution in [2.45, 2.75) is 19.4 Å². The summed E-state index contributed by atoms with van der Waals surface area (Å²) in [4.78, 5) is 15.5. The summed E-state index contributed by atoms with van der Waals surface area (Å²) in [6, 6.07) is 13.9. The van der Waals surface area contributed by atoms with E-state index in [1.807, 2.05) is 18.2 Å². The van der Waals surface area contributed by atoms with Gasteiger partial charge in [0.05, 0.1) is 25.2 Å². The molecule has 2 aromatic rings. The number of fused-ring (bicyclic) bond motifs is 1. The Labute approximate surface area is 176 Å². The van der Waals surface area contributed by atoms with Crippen molar-refractivity contribution >= 4 is 17.5 Å². The second-order valence-corrected chi connectivity index (χ2v) is 8.29. The lowest BCUT2D eigenvalue weighted by atomic mass is 9.95. The van der Waals surface area contributed by atoms with E-state index in [0.29, 0.717) is 18.1 Å². The SMILES string of the molecule is Cc1ccc([C@H](CN2CCOCC2)NC(=O)[C@H]2COc3ccc(Cl)cc3C2)cc1. The summed E-state index contributed by atoms with van der Waals surface area (Å²) >= 11 is 6.12. The molecule has 1 fully saturated rings. The van der Waals surface area contributed by atoms with Crippen LogP contribution in [0.4, 0.5) is 0 Å². The predicted molar refractivity (Wildman–Crippen MR) is 113 cm³/mol. The number of carbonyl (C=O) groups is 1. The highest BCUT2D eigenvalue weighted by Crippen LogP contribution is 2.30. The van der Waals surface area contributed by atoms with Gasteiger partial charge in [0.25, 0.3) is 0 Å². The molecule has 0 aliphatic carbocycles. The summed E-state index contributed by atoms with van der Waals surface area (Å²) in [6.07, 6.45) is 0.639. The predicted octanol–water partition coefficient (Wildman–Crippen LogP) is 3.39. The molecular weight excluding hydrogens is 388 g/mol. The fourth-order valence-electron chi connectivity index (χ4n) is 3.90. The van der Waals surface area contributed by atoms with E-state index < -0.39 is 0 Å². The van der Waals surface area contributed by atoms with Crippen LogP contribution in [-0.4, -0.2) is 50.3 Å². The molecule has 2 aromatic carbocycles. The lowest BCUT2D eigenvalue weighted by molar-refractivity contribution is -0.127. The Kier molecular flexibility index (Phi) is 6.38. The zero-order chi connectivity index (χ0) is 20.2. The summed E-state index contributed by atoms with van der Waals surface area (Å²) in [7, 11) is 0. The van der Waals surface area contributed by atoms with Crippen LogP contribution < -0.4 is 10.1 Å². The average molecular weight is 415 g/mol. The number of morpholine rings is 1. The standard InChI is InChI=1S/C23H27ClN2O3/c1-16-2-4-17(5-3-16)21(14-26-8-10-28-11-9-26)25-23(27)19-12-18-13-20(24)6-7-22(18)29-15-19/h2-7,13,19,21H,8-12,14-15H2,1H3,(H,25,27)/t19-,21+/m1/s1. The maximum atomic E-state index is 13.1. The first-order valence-corrected chi connectivity index (χ1v) is 10.5. The van der Waals surface area contributed by atoms with Crippen molar-refractivity contribution in [2.24, 2.45) is 5.92 Å². The maximum Gasteiger partial charge on any atom is 0.227 e. The van der Waals surface area contributed by atoms with Crippen LogP contribution in [0.15, 0.2) is 42.5 Å². The molecule has 1 saturated heterocycles. The number of nitrogens with one attached hydrogen (secondary N) is 1. The minimum Gasteiger partial charge on any atom is -0.492 e. The van der Waals surface area contributed by atoms with Gasteiger partial charge in [0.1, 0.15) is 12.4 Å². The number of hydrogen-bond donors (Lipinski definition) is 1. The molecule has 2 heterocycles. The highest BCUT2D eigenvalue weighted by atomic mass is 35.5. The molecule has 4 rings (SSSR count). The van der Waals surface area contributed by atoms with Crippen molar-refractivity contribution in [1.29, 1.82) is 0 Å². The van der Waals surface area contributed by atoms with E-state index in [4.69, 9.17) is 21.1 Å². The molecule has 5 nitrogen and oxygen atoms in total. The normalized spacial score (nSPS) is 20.4. The molecule has 0 unspecified atom stereocenters. The second-order valence-electron chi connectivity index (χ2n) is 7.85. The van der Waals surface area contributed by atoms with Crippen LogP contribution in [0.3, 0.4) is 0 Å². The first kappa shape index (κ1) is 20.2.